The summed E-state index contributed by atoms with van der Waals surface area (Å²) >= 11 is 0. The largest absolute Gasteiger partial charge is 0.370 e. The molecule has 59 heavy (non-hydrogen) atoms. The molecule has 6 aliphatic carbocycles. The van der Waals surface area contributed by atoms with Gasteiger partial charge in [-0.25, -0.2) is 4.90 Å². The van der Waals surface area contributed by atoms with E-state index in [4.69, 9.17) is 18.9 Å². The molecule has 4 heterocycles. The smallest absolute Gasteiger partial charge is 0.237 e. The van der Waals surface area contributed by atoms with Crippen molar-refractivity contribution in [3.8, 4) is 0 Å². The molecule has 17 atom stereocenters. The van der Waals surface area contributed by atoms with E-state index in [2.05, 4.69) is 46.8 Å². The van der Waals surface area contributed by atoms with E-state index in [1.807, 2.05) is 24.3 Å². The Labute approximate surface area is 347 Å². The molecule has 0 aromatic heterocycles. The minimum Gasteiger partial charge on any atom is -0.370 e. The zero-order valence-corrected chi connectivity index (χ0v) is 35.4. The Hall–Kier alpha value is -3.18. The van der Waals surface area contributed by atoms with Crippen LogP contribution in [0.5, 0.6) is 0 Å². The van der Waals surface area contributed by atoms with Crippen LogP contribution in [0.1, 0.15) is 97.5 Å². The average Bonchev–Trinajstić information content (AvgIpc) is 3.75. The fourth-order valence-electron chi connectivity index (χ4n) is 16.4. The monoisotopic (exact) mass is 804 g/mol. The fourth-order valence-corrected chi connectivity index (χ4v) is 16.4. The zero-order chi connectivity index (χ0) is 40.7. The molecule has 12 rings (SSSR count). The molecule has 6 saturated carbocycles. The van der Waals surface area contributed by atoms with E-state index < -0.39 is 11.8 Å². The molecule has 10 heteroatoms. The van der Waals surface area contributed by atoms with Gasteiger partial charge in [0.25, 0.3) is 0 Å². The van der Waals surface area contributed by atoms with E-state index in [0.717, 1.165) is 42.0 Å². The van der Waals surface area contributed by atoms with Crippen LogP contribution in [0, 0.1) is 70.5 Å². The van der Waals surface area contributed by atoms with Crippen LogP contribution in [0.25, 0.3) is 10.8 Å². The highest BCUT2D eigenvalue weighted by atomic mass is 16.6. The summed E-state index contributed by atoms with van der Waals surface area (Å²) in [5.41, 5.74) is 2.23. The Bertz CT molecular complexity index is 2180. The second kappa shape index (κ2) is 12.5. The van der Waals surface area contributed by atoms with Gasteiger partial charge >= 0.3 is 0 Å². The number of nitrogens with zero attached hydrogens (tertiary/aromatic N) is 2. The summed E-state index contributed by atoms with van der Waals surface area (Å²) in [5.74, 6) is 0.321. The highest BCUT2D eigenvalue weighted by Gasteiger charge is 2.71. The molecule has 0 radical (unpaired) electrons. The first kappa shape index (κ1) is 37.6. The van der Waals surface area contributed by atoms with E-state index in [0.29, 0.717) is 55.0 Å². The number of benzene rings is 2. The Balaban J connectivity index is 0.792. The lowest BCUT2D eigenvalue weighted by molar-refractivity contribution is -0.266. The number of amides is 4. The normalized spacial score (nSPS) is 47.6. The molecular formula is C49H60N2O8. The predicted molar refractivity (Wildman–Crippen MR) is 218 cm³/mol. The van der Waals surface area contributed by atoms with Gasteiger partial charge in [-0.15, -0.1) is 0 Å². The van der Waals surface area contributed by atoms with Gasteiger partial charge in [0.1, 0.15) is 0 Å². The lowest BCUT2D eigenvalue weighted by Gasteiger charge is -2.54. The summed E-state index contributed by atoms with van der Waals surface area (Å²) in [6, 6.07) is 12.0. The number of rotatable bonds is 1. The van der Waals surface area contributed by atoms with Crippen molar-refractivity contribution in [1.29, 1.82) is 0 Å². The van der Waals surface area contributed by atoms with Crippen molar-refractivity contribution in [2.75, 3.05) is 11.9 Å². The number of ether oxygens (including phenoxy) is 4. The van der Waals surface area contributed by atoms with Crippen LogP contribution >= 0.6 is 0 Å². The molecule has 10 fully saturated rings. The number of fused-ring (bicyclic) bond motifs is 11. The first-order valence-electron chi connectivity index (χ1n) is 22.9. The molecule has 4 amide bonds. The minimum atomic E-state index is -0.399. The molecule has 2 aromatic rings. The maximum absolute atomic E-state index is 14.2. The second-order valence-corrected chi connectivity index (χ2v) is 22.3. The van der Waals surface area contributed by atoms with Crippen LogP contribution in [0.3, 0.4) is 0 Å². The molecular weight excluding hydrogens is 745 g/mol. The van der Waals surface area contributed by atoms with Gasteiger partial charge in [-0.1, -0.05) is 58.0 Å². The highest BCUT2D eigenvalue weighted by molar-refractivity contribution is 6.25. The number of likely N-dealkylation sites (tertiary alicyclic amines) is 1. The summed E-state index contributed by atoms with van der Waals surface area (Å²) in [6.07, 6.45) is 7.74. The number of imide groups is 2. The minimum absolute atomic E-state index is 0.00223. The second-order valence-electron chi connectivity index (χ2n) is 22.3. The van der Waals surface area contributed by atoms with Crippen LogP contribution in [0.15, 0.2) is 36.4 Å². The number of aryl methyl sites for hydroxylation is 1. The molecule has 0 N–H and O–H groups in total. The van der Waals surface area contributed by atoms with Crippen molar-refractivity contribution in [2.24, 2.45) is 63.6 Å². The maximum Gasteiger partial charge on any atom is 0.237 e. The first-order chi connectivity index (χ1) is 28.1. The van der Waals surface area contributed by atoms with Gasteiger partial charge < -0.3 is 18.9 Å². The van der Waals surface area contributed by atoms with E-state index in [-0.39, 0.29) is 101 Å². The fraction of sp³-hybridized carbons (Fsp3) is 0.714. The standard InChI is InChI=1S/C49H60N2O8/c1-23-9-7-11-25-24(23)10-8-12-34(25)51-45(54)28-15-37-38(16-29(28)46(51)55)59-42-20-33-31(18-40(42)57-37)48(4,5)22-49(33)21-47(2,3)30-17-39-41(19-32(30)49)58-36-14-27-26(13-35(36)56-39)43(52)50(6)44(27)53/h7-12,26-33,35-42H,13-22H2,1-6H3. The predicted octanol–water partition coefficient (Wildman–Crippen LogP) is 7.01. The van der Waals surface area contributed by atoms with Crippen molar-refractivity contribution in [2.45, 2.75) is 148 Å². The molecule has 1 spiro atoms. The van der Waals surface area contributed by atoms with Gasteiger partial charge in [-0.2, -0.15) is 0 Å². The topological polar surface area (TPSA) is 112 Å². The van der Waals surface area contributed by atoms with Gasteiger partial charge in [0.2, 0.25) is 23.6 Å². The van der Waals surface area contributed by atoms with E-state index in [9.17, 15) is 19.2 Å². The molecule has 2 aromatic carbocycles. The highest BCUT2D eigenvalue weighted by Crippen LogP contribution is 2.75. The van der Waals surface area contributed by atoms with E-state index in [1.54, 1.807) is 7.05 Å². The molecule has 17 unspecified atom stereocenters. The van der Waals surface area contributed by atoms with Crippen LogP contribution in [-0.2, 0) is 38.1 Å². The third kappa shape index (κ3) is 5.12. The molecule has 10 nitrogen and oxygen atoms in total. The molecule has 314 valence electrons. The van der Waals surface area contributed by atoms with E-state index in [1.165, 1.54) is 22.6 Å². The van der Waals surface area contributed by atoms with Crippen LogP contribution < -0.4 is 4.90 Å². The molecule has 0 bridgehead atoms. The van der Waals surface area contributed by atoms with Crippen molar-refractivity contribution in [1.82, 2.24) is 4.90 Å². The number of carbonyl (C=O) groups excluding carboxylic acids is 4. The number of anilines is 1. The van der Waals surface area contributed by atoms with Gasteiger partial charge in [-0.3, -0.25) is 24.1 Å². The van der Waals surface area contributed by atoms with Crippen LogP contribution in [0.4, 0.5) is 5.69 Å². The first-order valence-corrected chi connectivity index (χ1v) is 22.9. The summed E-state index contributed by atoms with van der Waals surface area (Å²) in [4.78, 5) is 57.2. The van der Waals surface area contributed by atoms with E-state index >= 15 is 0 Å². The summed E-state index contributed by atoms with van der Waals surface area (Å²) < 4.78 is 28.3. The summed E-state index contributed by atoms with van der Waals surface area (Å²) in [5, 5.41) is 1.99. The molecule has 10 aliphatic rings. The molecule has 4 aliphatic heterocycles. The van der Waals surface area contributed by atoms with Gasteiger partial charge in [0.05, 0.1) is 78.2 Å². The average molecular weight is 805 g/mol. The zero-order valence-electron chi connectivity index (χ0n) is 35.4. The van der Waals surface area contributed by atoms with Crippen molar-refractivity contribution >= 4 is 40.1 Å². The van der Waals surface area contributed by atoms with Gasteiger partial charge in [-0.05, 0) is 128 Å². The number of hydrogen-bond acceptors (Lipinski definition) is 8. The van der Waals surface area contributed by atoms with Crippen LogP contribution in [0.2, 0.25) is 0 Å². The Morgan fingerprint density at radius 1 is 0.492 bits per heavy atom. The lowest BCUT2D eigenvalue weighted by Crippen LogP contribution is -2.59. The van der Waals surface area contributed by atoms with Gasteiger partial charge in [0, 0.05) is 12.4 Å². The van der Waals surface area contributed by atoms with Crippen molar-refractivity contribution in [3.63, 3.8) is 0 Å². The molecule has 4 saturated heterocycles. The van der Waals surface area contributed by atoms with Crippen molar-refractivity contribution < 1.29 is 38.1 Å². The van der Waals surface area contributed by atoms with Crippen molar-refractivity contribution in [3.05, 3.63) is 42.0 Å². The Morgan fingerprint density at radius 2 is 0.864 bits per heavy atom. The third-order valence-electron chi connectivity index (χ3n) is 18.7. The maximum atomic E-state index is 14.2. The Morgan fingerprint density at radius 3 is 1.32 bits per heavy atom. The third-order valence-corrected chi connectivity index (χ3v) is 18.7. The van der Waals surface area contributed by atoms with Gasteiger partial charge in [0.15, 0.2) is 0 Å². The number of carbonyl (C=O) groups is 4. The lowest BCUT2D eigenvalue weighted by atomic mass is 9.59. The summed E-state index contributed by atoms with van der Waals surface area (Å²) in [7, 11) is 1.62. The SMILES string of the molecule is Cc1cccc2c(N3C(=O)C4CC5OC6CC7C(CC6OC5CC4C3=O)C3(CC(C)(C)C4CC5OC6CC8C(=O)N(C)C(=O)C8CC6OC5CC43)CC7(C)C)cccc12. The number of hydrogen-bond donors (Lipinski definition) is 0. The van der Waals surface area contributed by atoms with Crippen LogP contribution in [-0.4, -0.2) is 84.4 Å². The quantitative estimate of drug-likeness (QED) is 0.283. The summed E-state index contributed by atoms with van der Waals surface area (Å²) in [6.45, 7) is 12.0. The Kier molecular flexibility index (Phi) is 7.94.